The van der Waals surface area contributed by atoms with Crippen LogP contribution >= 0.6 is 11.8 Å². The lowest BCUT2D eigenvalue weighted by molar-refractivity contribution is -0.384. The molecule has 0 spiro atoms. The fourth-order valence-corrected chi connectivity index (χ4v) is 3.10. The molecule has 27 heavy (non-hydrogen) atoms. The number of nitro benzene ring substituents is 1. The van der Waals surface area contributed by atoms with Gasteiger partial charge in [-0.2, -0.15) is 0 Å². The molecule has 9 heteroatoms. The van der Waals surface area contributed by atoms with Gasteiger partial charge >= 0.3 is 0 Å². The molecule has 1 amide bonds. The van der Waals surface area contributed by atoms with E-state index in [1.807, 2.05) is 0 Å². The maximum Gasteiger partial charge on any atom is 0.269 e. The molecule has 1 heterocycles. The molecular formula is C18H16N4O4S. The van der Waals surface area contributed by atoms with Gasteiger partial charge in [0, 0.05) is 35.9 Å². The van der Waals surface area contributed by atoms with Crippen molar-refractivity contribution in [1.29, 1.82) is 0 Å². The molecule has 8 nitrogen and oxygen atoms in total. The molecule has 0 fully saturated rings. The number of nitrogens with one attached hydrogen (secondary N) is 1. The minimum Gasteiger partial charge on any atom is -0.497 e. The van der Waals surface area contributed by atoms with Gasteiger partial charge < -0.3 is 10.1 Å². The molecule has 1 N–H and O–H groups in total. The van der Waals surface area contributed by atoms with Crippen molar-refractivity contribution in [3.63, 3.8) is 0 Å². The fourth-order valence-electron chi connectivity index (χ4n) is 2.33. The predicted octanol–water partition coefficient (Wildman–Crippen LogP) is 3.52. The van der Waals surface area contributed by atoms with E-state index in [1.165, 1.54) is 23.9 Å². The van der Waals surface area contributed by atoms with Gasteiger partial charge in [-0.1, -0.05) is 11.8 Å². The lowest BCUT2D eigenvalue weighted by Gasteiger charge is -2.08. The summed E-state index contributed by atoms with van der Waals surface area (Å²) in [5.41, 5.74) is 1.43. The lowest BCUT2D eigenvalue weighted by Crippen LogP contribution is -2.14. The molecule has 138 valence electrons. The first-order chi connectivity index (χ1) is 13.1. The Kier molecular flexibility index (Phi) is 5.72. The smallest absolute Gasteiger partial charge is 0.269 e. The maximum absolute atomic E-state index is 12.2. The van der Waals surface area contributed by atoms with Crippen molar-refractivity contribution in [1.82, 2.24) is 9.55 Å². The second-order valence-electron chi connectivity index (χ2n) is 5.42. The minimum absolute atomic E-state index is 0.0203. The van der Waals surface area contributed by atoms with E-state index in [0.717, 1.165) is 5.69 Å². The number of carbonyl (C=O) groups is 1. The summed E-state index contributed by atoms with van der Waals surface area (Å²) in [5, 5.41) is 14.2. The molecule has 0 unspecified atom stereocenters. The van der Waals surface area contributed by atoms with Gasteiger partial charge in [-0.3, -0.25) is 19.5 Å². The number of hydrogen-bond donors (Lipinski definition) is 1. The Morgan fingerprint density at radius 1 is 1.22 bits per heavy atom. The number of nitrogens with zero attached hydrogens (tertiary/aromatic N) is 3. The summed E-state index contributed by atoms with van der Waals surface area (Å²) in [6, 6.07) is 13.2. The SMILES string of the molecule is COc1ccc(NC(=O)CSc2nccn2-c2ccc([N+](=O)[O-])cc2)cc1. The van der Waals surface area contributed by atoms with Crippen molar-refractivity contribution in [2.45, 2.75) is 5.16 Å². The third kappa shape index (κ3) is 4.64. The summed E-state index contributed by atoms with van der Waals surface area (Å²) >= 11 is 1.28. The van der Waals surface area contributed by atoms with Crippen molar-refractivity contribution >= 4 is 29.0 Å². The van der Waals surface area contributed by atoms with E-state index in [9.17, 15) is 14.9 Å². The average Bonchev–Trinajstić information content (AvgIpc) is 3.15. The molecule has 0 atom stereocenters. The summed E-state index contributed by atoms with van der Waals surface area (Å²) in [6.45, 7) is 0. The van der Waals surface area contributed by atoms with Crippen LogP contribution in [-0.4, -0.2) is 33.2 Å². The Labute approximate surface area is 159 Å². The zero-order valence-electron chi connectivity index (χ0n) is 14.4. The number of non-ortho nitro benzene ring substituents is 1. The molecule has 2 aromatic carbocycles. The van der Waals surface area contributed by atoms with Gasteiger partial charge in [0.1, 0.15) is 5.75 Å². The number of carbonyl (C=O) groups excluding carboxylic acids is 1. The van der Waals surface area contributed by atoms with Crippen LogP contribution in [0, 0.1) is 10.1 Å². The van der Waals surface area contributed by atoms with Crippen LogP contribution < -0.4 is 10.1 Å². The number of thioether (sulfide) groups is 1. The van der Waals surface area contributed by atoms with Gasteiger partial charge in [0.05, 0.1) is 17.8 Å². The number of benzene rings is 2. The van der Waals surface area contributed by atoms with Crippen LogP contribution in [0.5, 0.6) is 5.75 Å². The molecule has 0 radical (unpaired) electrons. The second-order valence-corrected chi connectivity index (χ2v) is 6.36. The summed E-state index contributed by atoms with van der Waals surface area (Å²) in [7, 11) is 1.58. The second kappa shape index (κ2) is 8.37. The highest BCUT2D eigenvalue weighted by atomic mass is 32.2. The van der Waals surface area contributed by atoms with Crippen LogP contribution in [0.3, 0.4) is 0 Å². The van der Waals surface area contributed by atoms with Crippen molar-refractivity contribution in [3.8, 4) is 11.4 Å². The van der Waals surface area contributed by atoms with Gasteiger partial charge in [0.2, 0.25) is 5.91 Å². The molecule has 0 saturated heterocycles. The van der Waals surface area contributed by atoms with Crippen molar-refractivity contribution in [2.24, 2.45) is 0 Å². The Morgan fingerprint density at radius 2 is 1.93 bits per heavy atom. The monoisotopic (exact) mass is 384 g/mol. The lowest BCUT2D eigenvalue weighted by atomic mass is 10.3. The largest absolute Gasteiger partial charge is 0.497 e. The predicted molar refractivity (Wildman–Crippen MR) is 103 cm³/mol. The van der Waals surface area contributed by atoms with Gasteiger partial charge in [-0.05, 0) is 36.4 Å². The highest BCUT2D eigenvalue weighted by molar-refractivity contribution is 7.99. The van der Waals surface area contributed by atoms with E-state index in [0.29, 0.717) is 16.6 Å². The van der Waals surface area contributed by atoms with E-state index in [2.05, 4.69) is 10.3 Å². The topological polar surface area (TPSA) is 99.3 Å². The maximum atomic E-state index is 12.2. The van der Waals surface area contributed by atoms with Crippen LogP contribution in [0.4, 0.5) is 11.4 Å². The number of anilines is 1. The minimum atomic E-state index is -0.448. The molecular weight excluding hydrogens is 368 g/mol. The number of rotatable bonds is 7. The van der Waals surface area contributed by atoms with Crippen LogP contribution in [0.15, 0.2) is 66.1 Å². The van der Waals surface area contributed by atoms with E-state index in [4.69, 9.17) is 4.74 Å². The number of imidazole rings is 1. The van der Waals surface area contributed by atoms with Gasteiger partial charge in [0.25, 0.3) is 5.69 Å². The highest BCUT2D eigenvalue weighted by Crippen LogP contribution is 2.23. The molecule has 0 bridgehead atoms. The summed E-state index contributed by atoms with van der Waals surface area (Å²) in [6.07, 6.45) is 3.36. The van der Waals surface area contributed by atoms with E-state index in [-0.39, 0.29) is 17.3 Å². The zero-order chi connectivity index (χ0) is 19.2. The Morgan fingerprint density at radius 3 is 2.56 bits per heavy atom. The first-order valence-corrected chi connectivity index (χ1v) is 8.90. The Hall–Kier alpha value is -3.33. The molecule has 0 aliphatic heterocycles. The quantitative estimate of drug-likeness (QED) is 0.380. The Balaban J connectivity index is 1.62. The van der Waals surface area contributed by atoms with Crippen LogP contribution in [-0.2, 0) is 4.79 Å². The summed E-state index contributed by atoms with van der Waals surface area (Å²) in [5.74, 6) is 0.728. The fraction of sp³-hybridized carbons (Fsp3) is 0.111. The van der Waals surface area contributed by atoms with Gasteiger partial charge in [-0.15, -0.1) is 0 Å². The molecule has 1 aromatic heterocycles. The molecule has 0 saturated carbocycles. The summed E-state index contributed by atoms with van der Waals surface area (Å²) in [4.78, 5) is 26.7. The third-order valence-corrected chi connectivity index (χ3v) is 4.62. The van der Waals surface area contributed by atoms with Crippen molar-refractivity contribution in [3.05, 3.63) is 71.0 Å². The van der Waals surface area contributed by atoms with Crippen LogP contribution in [0.25, 0.3) is 5.69 Å². The number of nitro groups is 1. The zero-order valence-corrected chi connectivity index (χ0v) is 15.2. The number of methoxy groups -OCH3 is 1. The number of amides is 1. The standard InChI is InChI=1S/C18H16N4O4S/c1-26-16-8-2-13(3-9-16)20-17(23)12-27-18-19-10-11-21(18)14-4-6-15(7-5-14)22(24)25/h2-11H,12H2,1H3,(H,20,23). The van der Waals surface area contributed by atoms with E-state index in [1.54, 1.807) is 60.5 Å². The number of ether oxygens (including phenoxy) is 1. The first kappa shape index (κ1) is 18.5. The molecule has 0 aliphatic rings. The molecule has 0 aliphatic carbocycles. The van der Waals surface area contributed by atoms with Crippen LogP contribution in [0.2, 0.25) is 0 Å². The highest BCUT2D eigenvalue weighted by Gasteiger charge is 2.11. The first-order valence-electron chi connectivity index (χ1n) is 7.91. The Bertz CT molecular complexity index is 939. The third-order valence-electron chi connectivity index (χ3n) is 3.65. The molecule has 3 rings (SSSR count). The van der Waals surface area contributed by atoms with E-state index < -0.39 is 4.92 Å². The van der Waals surface area contributed by atoms with Gasteiger partial charge in [-0.25, -0.2) is 4.98 Å². The summed E-state index contributed by atoms with van der Waals surface area (Å²) < 4.78 is 6.85. The van der Waals surface area contributed by atoms with Crippen LogP contribution in [0.1, 0.15) is 0 Å². The van der Waals surface area contributed by atoms with Crippen molar-refractivity contribution in [2.75, 3.05) is 18.2 Å². The average molecular weight is 384 g/mol. The normalized spacial score (nSPS) is 10.4. The van der Waals surface area contributed by atoms with Crippen molar-refractivity contribution < 1.29 is 14.5 Å². The number of aromatic nitrogens is 2. The van der Waals surface area contributed by atoms with Gasteiger partial charge in [0.15, 0.2) is 5.16 Å². The molecule has 3 aromatic rings. The number of hydrogen-bond acceptors (Lipinski definition) is 6. The van der Waals surface area contributed by atoms with E-state index >= 15 is 0 Å².